The molecule has 0 bridgehead atoms. The van der Waals surface area contributed by atoms with Gasteiger partial charge in [-0.15, -0.1) is 0 Å². The zero-order valence-corrected chi connectivity index (χ0v) is 8.43. The molecule has 14 heavy (non-hydrogen) atoms. The summed E-state index contributed by atoms with van der Waals surface area (Å²) in [6.45, 7) is 1.66. The predicted octanol–water partition coefficient (Wildman–Crippen LogP) is -1.71. The lowest BCUT2D eigenvalue weighted by Gasteiger charge is -2.22. The fourth-order valence-corrected chi connectivity index (χ4v) is 0.992. The number of nitrogens with zero attached hydrogens (tertiary/aromatic N) is 2. The Morgan fingerprint density at radius 2 is 1.79 bits per heavy atom. The van der Waals surface area contributed by atoms with Gasteiger partial charge >= 0.3 is 0 Å². The quantitative estimate of drug-likeness (QED) is 0.347. The van der Waals surface area contributed by atoms with Crippen molar-refractivity contribution in [2.45, 2.75) is 0 Å². The van der Waals surface area contributed by atoms with Crippen LogP contribution < -0.4 is 0 Å². The third kappa shape index (κ3) is 5.87. The molecule has 0 aliphatic carbocycles. The fourth-order valence-electron chi connectivity index (χ4n) is 0.992. The molecular formula is C8H18N2O4. The first-order valence-electron chi connectivity index (χ1n) is 4.48. The molecular weight excluding hydrogens is 188 g/mol. The number of hydroxylamine groups is 2. The molecule has 0 unspecified atom stereocenters. The largest absolute Gasteiger partial charge is 0.395 e. The molecule has 0 aromatic rings. The van der Waals surface area contributed by atoms with E-state index in [0.29, 0.717) is 32.6 Å². The van der Waals surface area contributed by atoms with Gasteiger partial charge in [-0.05, 0) is 0 Å². The number of amides is 1. The lowest BCUT2D eigenvalue weighted by molar-refractivity contribution is -0.142. The average molecular weight is 206 g/mol. The number of hydrogen-bond donors (Lipinski definition) is 2. The highest BCUT2D eigenvalue weighted by Crippen LogP contribution is 1.89. The Bertz CT molecular complexity index is 145. The molecule has 0 aliphatic heterocycles. The average Bonchev–Trinajstić information content (AvgIpc) is 2.22. The summed E-state index contributed by atoms with van der Waals surface area (Å²) in [5.41, 5.74) is 0. The van der Waals surface area contributed by atoms with E-state index in [1.165, 1.54) is 12.0 Å². The highest BCUT2D eigenvalue weighted by molar-refractivity contribution is 5.46. The van der Waals surface area contributed by atoms with Gasteiger partial charge in [-0.1, -0.05) is 0 Å². The van der Waals surface area contributed by atoms with Crippen LogP contribution in [0, 0.1) is 0 Å². The third-order valence-corrected chi connectivity index (χ3v) is 1.78. The van der Waals surface area contributed by atoms with Gasteiger partial charge in [0.25, 0.3) is 0 Å². The minimum Gasteiger partial charge on any atom is -0.395 e. The van der Waals surface area contributed by atoms with E-state index in [4.69, 9.17) is 15.1 Å². The summed E-state index contributed by atoms with van der Waals surface area (Å²) in [7, 11) is 1.51. The van der Waals surface area contributed by atoms with E-state index in [9.17, 15) is 4.79 Å². The highest BCUT2D eigenvalue weighted by atomic mass is 16.7. The predicted molar refractivity (Wildman–Crippen MR) is 50.4 cm³/mol. The number of aliphatic hydroxyl groups is 2. The van der Waals surface area contributed by atoms with Gasteiger partial charge in [-0.25, -0.2) is 0 Å². The van der Waals surface area contributed by atoms with Crippen LogP contribution in [0.4, 0.5) is 0 Å². The lowest BCUT2D eigenvalue weighted by Crippen LogP contribution is -2.36. The molecule has 0 atom stereocenters. The molecule has 0 heterocycles. The van der Waals surface area contributed by atoms with E-state index in [1.54, 1.807) is 5.06 Å². The van der Waals surface area contributed by atoms with E-state index in [2.05, 4.69) is 0 Å². The molecule has 0 aliphatic rings. The normalized spacial score (nSPS) is 10.6. The molecule has 0 aromatic carbocycles. The molecule has 0 saturated carbocycles. The molecule has 0 radical (unpaired) electrons. The van der Waals surface area contributed by atoms with Gasteiger partial charge in [0.15, 0.2) is 0 Å². The maximum atomic E-state index is 10.5. The van der Waals surface area contributed by atoms with Crippen molar-refractivity contribution in [3.63, 3.8) is 0 Å². The van der Waals surface area contributed by atoms with Crippen molar-refractivity contribution >= 4 is 6.41 Å². The number of aliphatic hydroxyl groups excluding tert-OH is 2. The monoisotopic (exact) mass is 206 g/mol. The SMILES string of the molecule is CON(CCO)CCN(C=O)CCO. The molecule has 0 rings (SSSR count). The molecule has 6 nitrogen and oxygen atoms in total. The Labute approximate surface area is 83.6 Å². The van der Waals surface area contributed by atoms with Crippen LogP contribution in [0.2, 0.25) is 0 Å². The van der Waals surface area contributed by atoms with Crippen molar-refractivity contribution in [1.82, 2.24) is 9.96 Å². The molecule has 0 aromatic heterocycles. The number of carbonyl (C=O) groups is 1. The van der Waals surface area contributed by atoms with Gasteiger partial charge in [0.2, 0.25) is 6.41 Å². The zero-order valence-electron chi connectivity index (χ0n) is 8.43. The van der Waals surface area contributed by atoms with E-state index >= 15 is 0 Å². The maximum Gasteiger partial charge on any atom is 0.209 e. The fraction of sp³-hybridized carbons (Fsp3) is 0.875. The van der Waals surface area contributed by atoms with Crippen molar-refractivity contribution in [3.8, 4) is 0 Å². The maximum absolute atomic E-state index is 10.5. The van der Waals surface area contributed by atoms with Crippen molar-refractivity contribution in [2.75, 3.05) is 46.5 Å². The van der Waals surface area contributed by atoms with Gasteiger partial charge in [-0.3, -0.25) is 4.79 Å². The van der Waals surface area contributed by atoms with Crippen LogP contribution >= 0.6 is 0 Å². The number of carbonyl (C=O) groups excluding carboxylic acids is 1. The standard InChI is InChI=1S/C8H18N2O4/c1-14-10(5-7-12)3-2-9(8-13)4-6-11/h8,11-12H,2-7H2,1H3. The summed E-state index contributed by atoms with van der Waals surface area (Å²) in [6, 6.07) is 0. The molecule has 0 spiro atoms. The first-order valence-corrected chi connectivity index (χ1v) is 4.48. The summed E-state index contributed by atoms with van der Waals surface area (Å²) in [5.74, 6) is 0. The summed E-state index contributed by atoms with van der Waals surface area (Å²) < 4.78 is 0. The van der Waals surface area contributed by atoms with Gasteiger partial charge in [0, 0.05) is 26.2 Å². The Morgan fingerprint density at radius 3 is 2.21 bits per heavy atom. The Hall–Kier alpha value is -0.690. The minimum absolute atomic E-state index is 0.00886. The third-order valence-electron chi connectivity index (χ3n) is 1.78. The molecule has 6 heteroatoms. The van der Waals surface area contributed by atoms with Gasteiger partial charge in [-0.2, -0.15) is 5.06 Å². The minimum atomic E-state index is -0.0499. The van der Waals surface area contributed by atoms with E-state index in [-0.39, 0.29) is 13.2 Å². The van der Waals surface area contributed by atoms with Crippen molar-refractivity contribution in [2.24, 2.45) is 0 Å². The summed E-state index contributed by atoms with van der Waals surface area (Å²) in [6.07, 6.45) is 0.684. The Kier molecular flexibility index (Phi) is 8.45. The second-order valence-corrected chi connectivity index (χ2v) is 2.70. The van der Waals surface area contributed by atoms with Crippen molar-refractivity contribution < 1.29 is 19.8 Å². The smallest absolute Gasteiger partial charge is 0.209 e. The summed E-state index contributed by atoms with van der Waals surface area (Å²) in [5, 5.41) is 18.8. The van der Waals surface area contributed by atoms with Crippen LogP contribution in [-0.2, 0) is 9.63 Å². The van der Waals surface area contributed by atoms with Crippen LogP contribution in [0.15, 0.2) is 0 Å². The van der Waals surface area contributed by atoms with Crippen LogP contribution in [-0.4, -0.2) is 73.1 Å². The Morgan fingerprint density at radius 1 is 1.14 bits per heavy atom. The summed E-state index contributed by atoms with van der Waals surface area (Å²) >= 11 is 0. The van der Waals surface area contributed by atoms with Crippen LogP contribution in [0.3, 0.4) is 0 Å². The molecule has 0 saturated heterocycles. The summed E-state index contributed by atoms with van der Waals surface area (Å²) in [4.78, 5) is 16.8. The number of rotatable bonds is 9. The van der Waals surface area contributed by atoms with Gasteiger partial charge in [0.05, 0.1) is 20.3 Å². The van der Waals surface area contributed by atoms with Gasteiger partial charge in [0.1, 0.15) is 0 Å². The van der Waals surface area contributed by atoms with Crippen LogP contribution in [0.5, 0.6) is 0 Å². The molecule has 84 valence electrons. The van der Waals surface area contributed by atoms with Crippen molar-refractivity contribution in [3.05, 3.63) is 0 Å². The number of hydrogen-bond acceptors (Lipinski definition) is 5. The second-order valence-electron chi connectivity index (χ2n) is 2.70. The second kappa shape index (κ2) is 8.89. The molecule has 2 N–H and O–H groups in total. The molecule has 1 amide bonds. The van der Waals surface area contributed by atoms with E-state index in [1.807, 2.05) is 0 Å². The van der Waals surface area contributed by atoms with Crippen molar-refractivity contribution in [1.29, 1.82) is 0 Å². The van der Waals surface area contributed by atoms with E-state index in [0.717, 1.165) is 0 Å². The Balaban J connectivity index is 3.68. The lowest BCUT2D eigenvalue weighted by atomic mass is 10.5. The topological polar surface area (TPSA) is 73.2 Å². The molecule has 0 fully saturated rings. The van der Waals surface area contributed by atoms with Crippen LogP contribution in [0.25, 0.3) is 0 Å². The van der Waals surface area contributed by atoms with Gasteiger partial charge < -0.3 is 20.0 Å². The first-order chi connectivity index (χ1) is 6.78. The van der Waals surface area contributed by atoms with E-state index < -0.39 is 0 Å². The first kappa shape index (κ1) is 13.3. The highest BCUT2D eigenvalue weighted by Gasteiger charge is 2.05. The zero-order chi connectivity index (χ0) is 10.8. The van der Waals surface area contributed by atoms with Crippen LogP contribution in [0.1, 0.15) is 0 Å².